The summed E-state index contributed by atoms with van der Waals surface area (Å²) >= 11 is 0. The lowest BCUT2D eigenvalue weighted by molar-refractivity contribution is -0.121. The van der Waals surface area contributed by atoms with Gasteiger partial charge in [-0.25, -0.2) is 18.7 Å². The second kappa shape index (κ2) is 9.44. The van der Waals surface area contributed by atoms with Crippen molar-refractivity contribution < 1.29 is 23.4 Å². The minimum absolute atomic E-state index is 0.00854. The summed E-state index contributed by atoms with van der Waals surface area (Å²) in [5.41, 5.74) is 1.82. The number of aryl methyl sites for hydroxylation is 1. The van der Waals surface area contributed by atoms with Crippen molar-refractivity contribution in [2.75, 3.05) is 23.3 Å². The molecule has 1 aromatic carbocycles. The van der Waals surface area contributed by atoms with Crippen molar-refractivity contribution in [1.82, 2.24) is 9.97 Å². The van der Waals surface area contributed by atoms with E-state index in [1.165, 1.54) is 12.1 Å². The summed E-state index contributed by atoms with van der Waals surface area (Å²) in [6.07, 6.45) is 4.36. The number of fused-ring (bicyclic) bond motifs is 1. The van der Waals surface area contributed by atoms with Crippen LogP contribution in [0.5, 0.6) is 5.75 Å². The van der Waals surface area contributed by atoms with Gasteiger partial charge in [0.05, 0.1) is 17.5 Å². The average Bonchev–Trinajstić information content (AvgIpc) is 2.79. The molecule has 2 aromatic rings. The maximum Gasteiger partial charge on any atom is 0.172 e. The van der Waals surface area contributed by atoms with E-state index in [1.807, 2.05) is 0 Å². The van der Waals surface area contributed by atoms with Gasteiger partial charge in [0.25, 0.3) is 0 Å². The first kappa shape index (κ1) is 23.0. The van der Waals surface area contributed by atoms with E-state index in [4.69, 9.17) is 14.7 Å². The first-order chi connectivity index (χ1) is 16.4. The van der Waals surface area contributed by atoms with Gasteiger partial charge in [0.2, 0.25) is 0 Å². The quantitative estimate of drug-likeness (QED) is 0.666. The van der Waals surface area contributed by atoms with Crippen LogP contribution in [0.4, 0.5) is 20.4 Å². The molecular formula is C25H30F2N4O3. The van der Waals surface area contributed by atoms with Crippen molar-refractivity contribution in [3.8, 4) is 5.75 Å². The number of benzene rings is 1. The molecule has 182 valence electrons. The Morgan fingerprint density at radius 3 is 2.59 bits per heavy atom. The van der Waals surface area contributed by atoms with E-state index in [-0.39, 0.29) is 35.7 Å². The highest BCUT2D eigenvalue weighted by atomic mass is 19.1. The predicted molar refractivity (Wildman–Crippen MR) is 123 cm³/mol. The number of aliphatic hydroxyl groups is 1. The number of hydrogen-bond acceptors (Lipinski definition) is 7. The van der Waals surface area contributed by atoms with Gasteiger partial charge in [-0.15, -0.1) is 0 Å². The molecule has 5 rings (SSSR count). The van der Waals surface area contributed by atoms with Gasteiger partial charge < -0.3 is 20.1 Å². The Bertz CT molecular complexity index is 1070. The van der Waals surface area contributed by atoms with Crippen LogP contribution >= 0.6 is 0 Å². The molecule has 1 aliphatic heterocycles. The van der Waals surface area contributed by atoms with Crippen LogP contribution in [0.2, 0.25) is 0 Å². The molecule has 1 atom stereocenters. The Morgan fingerprint density at radius 2 is 1.91 bits per heavy atom. The molecule has 0 bridgehead atoms. The third kappa shape index (κ3) is 4.85. The number of hydrogen-bond donors (Lipinski definition) is 2. The molecule has 1 unspecified atom stereocenters. The molecule has 0 radical (unpaired) electrons. The van der Waals surface area contributed by atoms with Crippen LogP contribution in [-0.2, 0) is 17.6 Å². The van der Waals surface area contributed by atoms with Crippen LogP contribution in [0.1, 0.15) is 50.4 Å². The minimum atomic E-state index is -0.693. The van der Waals surface area contributed by atoms with E-state index >= 15 is 0 Å². The average molecular weight is 473 g/mol. The number of anilines is 2. The Morgan fingerprint density at radius 1 is 1.15 bits per heavy atom. The highest BCUT2D eigenvalue weighted by Crippen LogP contribution is 2.34. The van der Waals surface area contributed by atoms with Gasteiger partial charge in [-0.3, -0.25) is 4.79 Å². The van der Waals surface area contributed by atoms with E-state index < -0.39 is 11.6 Å². The summed E-state index contributed by atoms with van der Waals surface area (Å²) < 4.78 is 33.0. The van der Waals surface area contributed by atoms with Crippen LogP contribution in [0.25, 0.3) is 0 Å². The maximum atomic E-state index is 14.0. The molecule has 1 saturated heterocycles. The zero-order valence-corrected chi connectivity index (χ0v) is 19.3. The number of piperidine rings is 1. The van der Waals surface area contributed by atoms with E-state index in [2.05, 4.69) is 10.2 Å². The largest absolute Gasteiger partial charge is 0.487 e. The minimum Gasteiger partial charge on any atom is -0.487 e. The van der Waals surface area contributed by atoms with Gasteiger partial charge in [0.1, 0.15) is 17.7 Å². The SMILES string of the molecule is CC(=O)C1CCc2nc(N3CCC(Oc4ccc(F)cc4F)CC3)c(N[C@H]3C[C@@H](O)C3)nc2C1. The number of aliphatic hydroxyl groups excluding tert-OH is 1. The van der Waals surface area contributed by atoms with E-state index in [0.717, 1.165) is 36.1 Å². The third-order valence-corrected chi connectivity index (χ3v) is 7.16. The van der Waals surface area contributed by atoms with Gasteiger partial charge in [-0.05, 0) is 44.7 Å². The van der Waals surface area contributed by atoms with E-state index in [9.17, 15) is 18.7 Å². The van der Waals surface area contributed by atoms with Gasteiger partial charge in [-0.2, -0.15) is 0 Å². The molecular weight excluding hydrogens is 442 g/mol. The lowest BCUT2D eigenvalue weighted by Crippen LogP contribution is -2.42. The van der Waals surface area contributed by atoms with Gasteiger partial charge in [-0.1, -0.05) is 0 Å². The van der Waals surface area contributed by atoms with Crippen LogP contribution < -0.4 is 15.0 Å². The molecule has 2 N–H and O–H groups in total. The zero-order valence-electron chi connectivity index (χ0n) is 19.3. The summed E-state index contributed by atoms with van der Waals surface area (Å²) in [7, 11) is 0. The predicted octanol–water partition coefficient (Wildman–Crippen LogP) is 3.43. The van der Waals surface area contributed by atoms with Crippen LogP contribution in [-0.4, -0.2) is 52.2 Å². The van der Waals surface area contributed by atoms with Crippen molar-refractivity contribution in [2.24, 2.45) is 5.92 Å². The van der Waals surface area contributed by atoms with Gasteiger partial charge >= 0.3 is 0 Å². The fourth-order valence-electron chi connectivity index (χ4n) is 5.00. The summed E-state index contributed by atoms with van der Waals surface area (Å²) in [5.74, 6) is 0.412. The standard InChI is InChI=1S/C25H30F2N4O3/c1-14(32)15-2-4-21-22(10-15)29-24(28-17-12-18(33)13-17)25(30-21)31-8-6-19(7-9-31)34-23-5-3-16(26)11-20(23)27/h3,5,11,15,17-19,33H,2,4,6-10,12-13H2,1H3,(H,28,29)/t15?,17-,18+. The third-order valence-electron chi connectivity index (χ3n) is 7.16. The van der Waals surface area contributed by atoms with Crippen LogP contribution in [0.3, 0.4) is 0 Å². The highest BCUT2D eigenvalue weighted by Gasteiger charge is 2.32. The first-order valence-electron chi connectivity index (χ1n) is 12.1. The highest BCUT2D eigenvalue weighted by molar-refractivity contribution is 5.79. The normalized spacial score (nSPS) is 24.8. The number of Topliss-reactive ketones (excluding diaryl/α,β-unsaturated/α-hetero) is 1. The molecule has 7 nitrogen and oxygen atoms in total. The second-order valence-corrected chi connectivity index (χ2v) is 9.69. The summed E-state index contributed by atoms with van der Waals surface area (Å²) in [6, 6.07) is 3.51. The number of carbonyl (C=O) groups is 1. The summed E-state index contributed by atoms with van der Waals surface area (Å²) in [6.45, 7) is 2.97. The molecule has 9 heteroatoms. The van der Waals surface area contributed by atoms with Crippen molar-refractivity contribution in [3.63, 3.8) is 0 Å². The first-order valence-corrected chi connectivity index (χ1v) is 12.1. The number of rotatable bonds is 6. The Kier molecular flexibility index (Phi) is 6.38. The fourth-order valence-corrected chi connectivity index (χ4v) is 5.00. The van der Waals surface area contributed by atoms with Crippen molar-refractivity contribution in [3.05, 3.63) is 41.2 Å². The topological polar surface area (TPSA) is 87.6 Å². The summed E-state index contributed by atoms with van der Waals surface area (Å²) in [4.78, 5) is 24.0. The molecule has 1 aromatic heterocycles. The van der Waals surface area contributed by atoms with Crippen LogP contribution in [0, 0.1) is 17.6 Å². The Hall–Kier alpha value is -2.81. The lowest BCUT2D eigenvalue weighted by Gasteiger charge is -2.37. The number of nitrogens with one attached hydrogen (secondary N) is 1. The second-order valence-electron chi connectivity index (χ2n) is 9.69. The van der Waals surface area contributed by atoms with Gasteiger partial charge in [0.15, 0.2) is 23.2 Å². The number of nitrogens with zero attached hydrogens (tertiary/aromatic N) is 3. The molecule has 0 spiro atoms. The fraction of sp³-hybridized carbons (Fsp3) is 0.560. The Balaban J connectivity index is 1.31. The van der Waals surface area contributed by atoms with Crippen molar-refractivity contribution in [2.45, 2.75) is 70.1 Å². The molecule has 2 heterocycles. The monoisotopic (exact) mass is 472 g/mol. The number of halogens is 2. The Labute approximate surface area is 197 Å². The molecule has 2 aliphatic carbocycles. The number of carbonyl (C=O) groups excluding carboxylic acids is 1. The number of ketones is 1. The number of ether oxygens (including phenoxy) is 1. The van der Waals surface area contributed by atoms with Crippen molar-refractivity contribution >= 4 is 17.4 Å². The lowest BCUT2D eigenvalue weighted by atomic mass is 9.86. The molecule has 3 aliphatic rings. The van der Waals surface area contributed by atoms with Crippen LogP contribution in [0.15, 0.2) is 18.2 Å². The zero-order chi connectivity index (χ0) is 23.8. The molecule has 0 amide bonds. The maximum absolute atomic E-state index is 14.0. The van der Waals surface area contributed by atoms with E-state index in [1.54, 1.807) is 6.92 Å². The smallest absolute Gasteiger partial charge is 0.172 e. The molecule has 34 heavy (non-hydrogen) atoms. The molecule has 1 saturated carbocycles. The van der Waals surface area contributed by atoms with Gasteiger partial charge in [0, 0.05) is 50.4 Å². The number of aromatic nitrogens is 2. The van der Waals surface area contributed by atoms with E-state index in [0.29, 0.717) is 51.0 Å². The summed E-state index contributed by atoms with van der Waals surface area (Å²) in [5, 5.41) is 13.2. The molecule has 2 fully saturated rings. The van der Waals surface area contributed by atoms with Crippen molar-refractivity contribution in [1.29, 1.82) is 0 Å².